The maximum absolute atomic E-state index is 10.6. The molecule has 0 unspecified atom stereocenters. The lowest BCUT2D eigenvalue weighted by molar-refractivity contribution is -0.572. The first-order valence-corrected chi connectivity index (χ1v) is 3.61. The molecule has 0 aliphatic carbocycles. The summed E-state index contributed by atoms with van der Waals surface area (Å²) < 4.78 is 0. The predicted octanol–water partition coefficient (Wildman–Crippen LogP) is 0.566. The number of amides is 1. The molecule has 12 heavy (non-hydrogen) atoms. The van der Waals surface area contributed by atoms with Crippen molar-refractivity contribution in [2.24, 2.45) is 0 Å². The second-order valence-corrected chi connectivity index (χ2v) is 3.70. The molecule has 0 radical (unpaired) electrons. The Labute approximate surface area is 71.3 Å². The topological polar surface area (TPSA) is 72.2 Å². The second kappa shape index (κ2) is 3.08. The van der Waals surface area contributed by atoms with Crippen LogP contribution in [-0.2, 0) is 4.79 Å². The molecule has 0 heterocycles. The van der Waals surface area contributed by atoms with Crippen molar-refractivity contribution in [3.8, 4) is 0 Å². The van der Waals surface area contributed by atoms with Gasteiger partial charge in [0.25, 0.3) is 0 Å². The Hall–Kier alpha value is -1.13. The molecule has 0 rings (SSSR count). The molecule has 5 nitrogen and oxygen atoms in total. The summed E-state index contributed by atoms with van der Waals surface area (Å²) in [6.45, 7) is 6.18. The minimum atomic E-state index is -1.17. The molecule has 0 fully saturated rings. The summed E-state index contributed by atoms with van der Waals surface area (Å²) in [5.41, 5.74) is -2.02. The van der Waals surface area contributed by atoms with E-state index >= 15 is 0 Å². The van der Waals surface area contributed by atoms with Crippen molar-refractivity contribution >= 4 is 6.41 Å². The first-order valence-electron chi connectivity index (χ1n) is 3.61. The Balaban J connectivity index is 4.73. The summed E-state index contributed by atoms with van der Waals surface area (Å²) in [5.74, 6) is 0. The molecule has 0 spiro atoms. The minimum Gasteiger partial charge on any atom is -0.347 e. The van der Waals surface area contributed by atoms with E-state index in [1.807, 2.05) is 0 Å². The van der Waals surface area contributed by atoms with Gasteiger partial charge >= 0.3 is 0 Å². The van der Waals surface area contributed by atoms with Crippen LogP contribution in [0, 0.1) is 10.1 Å². The van der Waals surface area contributed by atoms with Crippen molar-refractivity contribution in [1.82, 2.24) is 5.32 Å². The number of nitro groups is 1. The SMILES string of the molecule is CC(C)(NC=O)C(C)(C)[N+](=O)[O-]. The molecular formula is C7H14N2O3. The Morgan fingerprint density at radius 1 is 1.33 bits per heavy atom. The van der Waals surface area contributed by atoms with Gasteiger partial charge < -0.3 is 5.32 Å². The normalized spacial score (nSPS) is 12.3. The Bertz CT molecular complexity index is 199. The van der Waals surface area contributed by atoms with E-state index in [0.717, 1.165) is 0 Å². The van der Waals surface area contributed by atoms with Crippen LogP contribution < -0.4 is 5.32 Å². The number of hydrogen-bond acceptors (Lipinski definition) is 3. The van der Waals surface area contributed by atoms with Crippen LogP contribution in [0.4, 0.5) is 0 Å². The molecule has 0 aromatic heterocycles. The maximum Gasteiger partial charge on any atom is 0.238 e. The maximum atomic E-state index is 10.6. The molecule has 0 atom stereocenters. The molecule has 0 bridgehead atoms. The van der Waals surface area contributed by atoms with Crippen molar-refractivity contribution in [2.45, 2.75) is 38.8 Å². The molecule has 1 amide bonds. The van der Waals surface area contributed by atoms with Crippen molar-refractivity contribution in [3.05, 3.63) is 10.1 Å². The van der Waals surface area contributed by atoms with Gasteiger partial charge in [-0.3, -0.25) is 14.9 Å². The van der Waals surface area contributed by atoms with E-state index in [-0.39, 0.29) is 0 Å². The van der Waals surface area contributed by atoms with Gasteiger partial charge in [-0.2, -0.15) is 0 Å². The summed E-state index contributed by atoms with van der Waals surface area (Å²) in [4.78, 5) is 20.3. The number of rotatable bonds is 4. The van der Waals surface area contributed by atoms with E-state index in [2.05, 4.69) is 5.32 Å². The summed E-state index contributed by atoms with van der Waals surface area (Å²) >= 11 is 0. The Morgan fingerprint density at radius 2 is 1.75 bits per heavy atom. The van der Waals surface area contributed by atoms with Crippen LogP contribution in [0.3, 0.4) is 0 Å². The van der Waals surface area contributed by atoms with Gasteiger partial charge in [0, 0.05) is 18.8 Å². The highest BCUT2D eigenvalue weighted by Crippen LogP contribution is 2.23. The first-order chi connectivity index (χ1) is 5.25. The lowest BCUT2D eigenvalue weighted by Gasteiger charge is -2.33. The van der Waals surface area contributed by atoms with Gasteiger partial charge in [-0.25, -0.2) is 0 Å². The third-order valence-electron chi connectivity index (χ3n) is 2.41. The zero-order chi connectivity index (χ0) is 9.99. The molecule has 5 heteroatoms. The number of hydrogen-bond donors (Lipinski definition) is 1. The van der Waals surface area contributed by atoms with Crippen LogP contribution in [0.5, 0.6) is 0 Å². The van der Waals surface area contributed by atoms with Gasteiger partial charge in [-0.05, 0) is 13.8 Å². The highest BCUT2D eigenvalue weighted by Gasteiger charge is 2.47. The molecule has 0 aromatic carbocycles. The fourth-order valence-corrected chi connectivity index (χ4v) is 0.552. The van der Waals surface area contributed by atoms with Crippen molar-refractivity contribution in [2.75, 3.05) is 0 Å². The van der Waals surface area contributed by atoms with E-state index in [4.69, 9.17) is 0 Å². The molecule has 0 aliphatic heterocycles. The predicted molar refractivity (Wildman–Crippen MR) is 44.4 cm³/mol. The smallest absolute Gasteiger partial charge is 0.238 e. The van der Waals surface area contributed by atoms with Crippen molar-refractivity contribution in [1.29, 1.82) is 0 Å². The van der Waals surface area contributed by atoms with Crippen molar-refractivity contribution in [3.63, 3.8) is 0 Å². The van der Waals surface area contributed by atoms with Gasteiger partial charge in [0.05, 0.1) is 0 Å². The summed E-state index contributed by atoms with van der Waals surface area (Å²) in [5, 5.41) is 13.0. The highest BCUT2D eigenvalue weighted by molar-refractivity contribution is 5.48. The van der Waals surface area contributed by atoms with Crippen LogP contribution in [-0.4, -0.2) is 22.4 Å². The molecule has 70 valence electrons. The van der Waals surface area contributed by atoms with Gasteiger partial charge in [0.15, 0.2) is 0 Å². The van der Waals surface area contributed by atoms with E-state index in [9.17, 15) is 14.9 Å². The number of nitrogens with one attached hydrogen (secondary N) is 1. The molecule has 0 saturated heterocycles. The molecule has 0 aromatic rings. The van der Waals surface area contributed by atoms with Gasteiger partial charge in [-0.1, -0.05) is 0 Å². The standard InChI is InChI=1S/C7H14N2O3/c1-6(2,8-5-10)7(3,4)9(11)12/h5H,1-4H3,(H,8,10). The van der Waals surface area contributed by atoms with E-state index in [1.165, 1.54) is 13.8 Å². The molecule has 0 saturated carbocycles. The van der Waals surface area contributed by atoms with Crippen LogP contribution in [0.2, 0.25) is 0 Å². The fraction of sp³-hybridized carbons (Fsp3) is 0.857. The number of nitrogens with zero attached hydrogens (tertiary/aromatic N) is 1. The molecular weight excluding hydrogens is 160 g/mol. The Morgan fingerprint density at radius 3 is 2.00 bits per heavy atom. The van der Waals surface area contributed by atoms with Crippen LogP contribution >= 0.6 is 0 Å². The van der Waals surface area contributed by atoms with E-state index in [1.54, 1.807) is 13.8 Å². The quantitative estimate of drug-likeness (QED) is 0.384. The van der Waals surface area contributed by atoms with Crippen LogP contribution in [0.15, 0.2) is 0 Å². The summed E-state index contributed by atoms with van der Waals surface area (Å²) in [6.07, 6.45) is 0.477. The number of carbonyl (C=O) groups excluding carboxylic acids is 1. The van der Waals surface area contributed by atoms with Gasteiger partial charge in [0.1, 0.15) is 5.54 Å². The minimum absolute atomic E-state index is 0.399. The molecule has 1 N–H and O–H groups in total. The van der Waals surface area contributed by atoms with Crippen molar-refractivity contribution < 1.29 is 9.72 Å². The van der Waals surface area contributed by atoms with Crippen LogP contribution in [0.1, 0.15) is 27.7 Å². The summed E-state index contributed by atoms with van der Waals surface area (Å²) in [6, 6.07) is 0. The lowest BCUT2D eigenvalue weighted by atomic mass is 9.83. The third-order valence-corrected chi connectivity index (χ3v) is 2.41. The average Bonchev–Trinajstić information content (AvgIpc) is 1.86. The van der Waals surface area contributed by atoms with E-state index < -0.39 is 16.0 Å². The van der Waals surface area contributed by atoms with Gasteiger partial charge in [0.2, 0.25) is 11.9 Å². The zero-order valence-corrected chi connectivity index (χ0v) is 7.75. The largest absolute Gasteiger partial charge is 0.347 e. The number of carbonyl (C=O) groups is 1. The first kappa shape index (κ1) is 10.9. The van der Waals surface area contributed by atoms with Gasteiger partial charge in [-0.15, -0.1) is 0 Å². The lowest BCUT2D eigenvalue weighted by Crippen LogP contribution is -2.59. The van der Waals surface area contributed by atoms with Crippen LogP contribution in [0.25, 0.3) is 0 Å². The third kappa shape index (κ3) is 1.72. The average molecular weight is 174 g/mol. The zero-order valence-electron chi connectivity index (χ0n) is 7.75. The second-order valence-electron chi connectivity index (χ2n) is 3.70. The summed E-state index contributed by atoms with van der Waals surface area (Å²) in [7, 11) is 0. The fourth-order valence-electron chi connectivity index (χ4n) is 0.552. The highest BCUT2D eigenvalue weighted by atomic mass is 16.6. The van der Waals surface area contributed by atoms with E-state index in [0.29, 0.717) is 6.41 Å². The molecule has 0 aliphatic rings. The Kier molecular flexibility index (Phi) is 2.79. The monoisotopic (exact) mass is 174 g/mol.